The molecule has 26 heavy (non-hydrogen) atoms. The Morgan fingerprint density at radius 2 is 1.46 bits per heavy atom. The van der Waals surface area contributed by atoms with Gasteiger partial charge in [-0.05, 0) is 45.8 Å². The summed E-state index contributed by atoms with van der Waals surface area (Å²) in [6.07, 6.45) is 2.05. The second-order valence-corrected chi connectivity index (χ2v) is 19.1. The highest BCUT2D eigenvalue weighted by molar-refractivity contribution is 6.91. The number of allylic oxidation sites excluding steroid dienone is 1. The third kappa shape index (κ3) is 5.03. The molecule has 0 unspecified atom stereocenters. The molecular formula is C24H36Si2. The van der Waals surface area contributed by atoms with Gasteiger partial charge >= 0.3 is 0 Å². The van der Waals surface area contributed by atoms with Gasteiger partial charge < -0.3 is 0 Å². The minimum Gasteiger partial charge on any atom is -0.116 e. The Morgan fingerprint density at radius 3 is 1.96 bits per heavy atom. The van der Waals surface area contributed by atoms with E-state index in [2.05, 4.69) is 109 Å². The average Bonchev–Trinajstić information content (AvgIpc) is 2.54. The maximum absolute atomic E-state index is 3.93. The molecule has 0 N–H and O–H groups in total. The fourth-order valence-electron chi connectivity index (χ4n) is 4.32. The van der Waals surface area contributed by atoms with E-state index in [-0.39, 0.29) is 0 Å². The molecule has 1 aromatic rings. The Balaban J connectivity index is 3.29. The zero-order valence-electron chi connectivity index (χ0n) is 18.0. The standard InChI is InChI=1S/C24H36Si2/c1-10-18-25(8,9)24-17-12-11-15-23(24)16-13-14-19-26(20(2)3,21(4)5)22(6)7/h10-12,15,17,20-22H,1,18H2,2-9H3. The van der Waals surface area contributed by atoms with E-state index >= 15 is 0 Å². The van der Waals surface area contributed by atoms with E-state index in [0.29, 0.717) is 16.6 Å². The molecule has 1 aromatic carbocycles. The van der Waals surface area contributed by atoms with Gasteiger partial charge in [-0.3, -0.25) is 0 Å². The molecule has 0 aliphatic heterocycles. The van der Waals surface area contributed by atoms with E-state index in [1.54, 1.807) is 0 Å². The quantitative estimate of drug-likeness (QED) is 0.306. The van der Waals surface area contributed by atoms with E-state index < -0.39 is 16.1 Å². The van der Waals surface area contributed by atoms with Crippen LogP contribution in [-0.4, -0.2) is 16.1 Å². The highest BCUT2D eigenvalue weighted by atomic mass is 28.3. The molecule has 0 aromatic heterocycles. The minimum atomic E-state index is -1.70. The molecule has 0 fully saturated rings. The van der Waals surface area contributed by atoms with Crippen molar-refractivity contribution in [3.8, 4) is 23.3 Å². The molecule has 0 saturated carbocycles. The molecule has 0 bridgehead atoms. The maximum atomic E-state index is 3.93. The van der Waals surface area contributed by atoms with Crippen molar-refractivity contribution in [1.82, 2.24) is 0 Å². The number of hydrogen-bond donors (Lipinski definition) is 0. The van der Waals surface area contributed by atoms with Gasteiger partial charge in [0.2, 0.25) is 0 Å². The van der Waals surface area contributed by atoms with Crippen LogP contribution in [0.1, 0.15) is 47.1 Å². The molecular weight excluding hydrogens is 344 g/mol. The molecule has 1 rings (SSSR count). The lowest BCUT2D eigenvalue weighted by Gasteiger charge is -2.37. The molecule has 0 aliphatic rings. The summed E-state index contributed by atoms with van der Waals surface area (Å²) in [5, 5.41) is 1.41. The van der Waals surface area contributed by atoms with Gasteiger partial charge in [-0.1, -0.05) is 84.8 Å². The Bertz CT molecular complexity index is 709. The first-order valence-electron chi connectivity index (χ1n) is 9.83. The monoisotopic (exact) mass is 380 g/mol. The van der Waals surface area contributed by atoms with E-state index in [1.807, 2.05) is 6.08 Å². The van der Waals surface area contributed by atoms with Crippen molar-refractivity contribution < 1.29 is 0 Å². The number of hydrogen-bond acceptors (Lipinski definition) is 0. The molecule has 0 spiro atoms. The molecule has 0 nitrogen and oxygen atoms in total. The summed E-state index contributed by atoms with van der Waals surface area (Å²) in [5.74, 6) is 9.84. The van der Waals surface area contributed by atoms with Crippen molar-refractivity contribution in [2.24, 2.45) is 0 Å². The van der Waals surface area contributed by atoms with Gasteiger partial charge in [0.1, 0.15) is 8.07 Å². The predicted molar refractivity (Wildman–Crippen MR) is 124 cm³/mol. The first-order valence-corrected chi connectivity index (χ1v) is 15.3. The fourth-order valence-corrected chi connectivity index (χ4v) is 11.8. The van der Waals surface area contributed by atoms with Crippen LogP contribution in [0, 0.1) is 23.3 Å². The summed E-state index contributed by atoms with van der Waals surface area (Å²) in [6, 6.07) is 9.65. The van der Waals surface area contributed by atoms with Gasteiger partial charge in [0.15, 0.2) is 0 Å². The Hall–Kier alpha value is -1.49. The van der Waals surface area contributed by atoms with E-state index in [1.165, 1.54) is 5.19 Å². The summed E-state index contributed by atoms with van der Waals surface area (Å²) >= 11 is 0. The molecule has 140 valence electrons. The van der Waals surface area contributed by atoms with E-state index in [4.69, 9.17) is 0 Å². The van der Waals surface area contributed by atoms with Crippen molar-refractivity contribution in [3.63, 3.8) is 0 Å². The van der Waals surface area contributed by atoms with Crippen LogP contribution in [0.2, 0.25) is 35.8 Å². The van der Waals surface area contributed by atoms with Crippen LogP contribution >= 0.6 is 0 Å². The third-order valence-electron chi connectivity index (χ3n) is 5.72. The third-order valence-corrected chi connectivity index (χ3v) is 15.2. The highest BCUT2D eigenvalue weighted by Gasteiger charge is 2.41. The van der Waals surface area contributed by atoms with Crippen LogP contribution in [0.5, 0.6) is 0 Å². The predicted octanol–water partition coefficient (Wildman–Crippen LogP) is 6.36. The summed E-state index contributed by atoms with van der Waals surface area (Å²) < 4.78 is 0. The Kier molecular flexibility index (Phi) is 8.20. The van der Waals surface area contributed by atoms with Crippen molar-refractivity contribution in [1.29, 1.82) is 0 Å². The van der Waals surface area contributed by atoms with Crippen molar-refractivity contribution in [3.05, 3.63) is 42.5 Å². The second-order valence-electron chi connectivity index (χ2n) is 8.82. The lowest BCUT2D eigenvalue weighted by molar-refractivity contribution is 0.838. The molecule has 2 heteroatoms. The molecule has 0 aliphatic carbocycles. The summed E-state index contributed by atoms with van der Waals surface area (Å²) in [5.41, 5.74) is 6.77. The van der Waals surface area contributed by atoms with Gasteiger partial charge in [-0.2, -0.15) is 0 Å². The van der Waals surface area contributed by atoms with Crippen molar-refractivity contribution >= 4 is 21.3 Å². The second kappa shape index (κ2) is 9.45. The summed E-state index contributed by atoms with van der Waals surface area (Å²) in [7, 11) is -3.23. The lowest BCUT2D eigenvalue weighted by atomic mass is 10.2. The van der Waals surface area contributed by atoms with Crippen molar-refractivity contribution in [2.75, 3.05) is 0 Å². The fraction of sp³-hybridized carbons (Fsp3) is 0.500. The smallest absolute Gasteiger partial charge is 0.116 e. The first-order chi connectivity index (χ1) is 12.1. The summed E-state index contributed by atoms with van der Waals surface area (Å²) in [4.78, 5) is 0. The zero-order chi connectivity index (χ0) is 20.0. The van der Waals surface area contributed by atoms with Crippen LogP contribution in [0.15, 0.2) is 36.9 Å². The van der Waals surface area contributed by atoms with Crippen LogP contribution in [-0.2, 0) is 0 Å². The van der Waals surface area contributed by atoms with E-state index in [0.717, 1.165) is 11.6 Å². The van der Waals surface area contributed by atoms with E-state index in [9.17, 15) is 0 Å². The maximum Gasteiger partial charge on any atom is 0.147 e. The molecule has 0 amide bonds. The molecule has 0 radical (unpaired) electrons. The van der Waals surface area contributed by atoms with Crippen LogP contribution < -0.4 is 5.19 Å². The minimum absolute atomic E-state index is 0.642. The first kappa shape index (κ1) is 22.6. The van der Waals surface area contributed by atoms with Gasteiger partial charge in [0.05, 0.1) is 8.07 Å². The number of rotatable bonds is 6. The van der Waals surface area contributed by atoms with Crippen LogP contribution in [0.4, 0.5) is 0 Å². The SMILES string of the molecule is C=CC[Si](C)(C)c1ccccc1C#CC#C[Si](C(C)C)(C(C)C)C(C)C. The lowest BCUT2D eigenvalue weighted by Crippen LogP contribution is -2.43. The topological polar surface area (TPSA) is 0 Å². The highest BCUT2D eigenvalue weighted by Crippen LogP contribution is 2.40. The van der Waals surface area contributed by atoms with Crippen LogP contribution in [0.3, 0.4) is 0 Å². The summed E-state index contributed by atoms with van der Waals surface area (Å²) in [6.45, 7) is 22.7. The van der Waals surface area contributed by atoms with Gasteiger partial charge in [-0.25, -0.2) is 0 Å². The normalized spacial score (nSPS) is 11.8. The van der Waals surface area contributed by atoms with Gasteiger partial charge in [0.25, 0.3) is 0 Å². The molecule has 0 heterocycles. The molecule has 0 atom stereocenters. The molecule has 0 saturated heterocycles. The van der Waals surface area contributed by atoms with Gasteiger partial charge in [0, 0.05) is 5.56 Å². The van der Waals surface area contributed by atoms with Crippen LogP contribution in [0.25, 0.3) is 0 Å². The average molecular weight is 381 g/mol. The Morgan fingerprint density at radius 1 is 0.923 bits per heavy atom. The van der Waals surface area contributed by atoms with Gasteiger partial charge in [-0.15, -0.1) is 12.1 Å². The Labute approximate surface area is 164 Å². The number of benzene rings is 1. The van der Waals surface area contributed by atoms with Crippen molar-refractivity contribution in [2.45, 2.75) is 77.3 Å². The zero-order valence-corrected chi connectivity index (χ0v) is 20.0. The largest absolute Gasteiger partial charge is 0.147 e.